The summed E-state index contributed by atoms with van der Waals surface area (Å²) in [5.74, 6) is 0.163. The molecule has 3 fully saturated rings. The summed E-state index contributed by atoms with van der Waals surface area (Å²) < 4.78 is 44.5. The summed E-state index contributed by atoms with van der Waals surface area (Å²) in [5, 5.41) is 22.1. The summed E-state index contributed by atoms with van der Waals surface area (Å²) in [6.07, 6.45) is 0.786. The molecule has 252 valence electrons. The molecule has 4 heterocycles. The van der Waals surface area contributed by atoms with Gasteiger partial charge in [0.25, 0.3) is 0 Å². The van der Waals surface area contributed by atoms with E-state index in [4.69, 9.17) is 4.74 Å². The number of benzene rings is 1. The Kier molecular flexibility index (Phi) is 9.72. The first-order valence-electron chi connectivity index (χ1n) is 16.1. The van der Waals surface area contributed by atoms with Crippen LogP contribution in [0.3, 0.4) is 0 Å². The quantitative estimate of drug-likeness (QED) is 0.426. The van der Waals surface area contributed by atoms with E-state index in [1.807, 2.05) is 25.7 Å². The van der Waals surface area contributed by atoms with Crippen LogP contribution in [0.5, 0.6) is 5.75 Å². The van der Waals surface area contributed by atoms with Gasteiger partial charge < -0.3 is 25.0 Å². The summed E-state index contributed by atoms with van der Waals surface area (Å²) in [7, 11) is 0. The first-order valence-corrected chi connectivity index (χ1v) is 16.1. The van der Waals surface area contributed by atoms with Crippen LogP contribution in [0.25, 0.3) is 11.3 Å². The first-order chi connectivity index (χ1) is 21.6. The lowest BCUT2D eigenvalue weighted by atomic mass is 9.71. The minimum absolute atomic E-state index is 0.0559. The number of likely N-dealkylation sites (tertiary alicyclic amines) is 3. The Morgan fingerprint density at radius 3 is 2.24 bits per heavy atom. The molecule has 5 rings (SSSR count). The number of nitrogens with zero attached hydrogens (tertiary/aromatic N) is 5. The molecule has 46 heavy (non-hydrogen) atoms. The highest BCUT2D eigenvalue weighted by Crippen LogP contribution is 2.42. The van der Waals surface area contributed by atoms with Crippen molar-refractivity contribution in [1.29, 1.82) is 0 Å². The van der Waals surface area contributed by atoms with Crippen molar-refractivity contribution in [3.63, 3.8) is 0 Å². The molecular weight excluding hydrogens is 601 g/mol. The molecule has 13 heteroatoms. The fourth-order valence-electron chi connectivity index (χ4n) is 6.77. The lowest BCUT2D eigenvalue weighted by Crippen LogP contribution is -2.52. The zero-order valence-corrected chi connectivity index (χ0v) is 27.1. The number of rotatable bonds is 5. The van der Waals surface area contributed by atoms with Crippen LogP contribution in [-0.2, 0) is 15.7 Å². The highest BCUT2D eigenvalue weighted by molar-refractivity contribution is 5.78. The average molecular weight is 647 g/mol. The van der Waals surface area contributed by atoms with Crippen molar-refractivity contribution in [2.45, 2.75) is 84.0 Å². The number of alkyl halides is 3. The van der Waals surface area contributed by atoms with Crippen LogP contribution in [0.15, 0.2) is 24.3 Å². The number of aromatic nitrogens is 2. The number of carbonyl (C=O) groups is 2. The third kappa shape index (κ3) is 8.21. The number of amides is 2. The maximum atomic E-state index is 13.3. The van der Waals surface area contributed by atoms with Gasteiger partial charge in [0.1, 0.15) is 17.2 Å². The van der Waals surface area contributed by atoms with E-state index in [1.165, 1.54) is 6.07 Å². The van der Waals surface area contributed by atoms with Crippen molar-refractivity contribution < 1.29 is 32.6 Å². The Morgan fingerprint density at radius 2 is 1.65 bits per heavy atom. The van der Waals surface area contributed by atoms with Crippen molar-refractivity contribution in [1.82, 2.24) is 24.9 Å². The lowest BCUT2D eigenvalue weighted by molar-refractivity contribution is -0.138. The molecule has 2 N–H and O–H groups in total. The zero-order valence-electron chi connectivity index (χ0n) is 27.1. The molecule has 3 aliphatic heterocycles. The van der Waals surface area contributed by atoms with E-state index in [-0.39, 0.29) is 29.0 Å². The lowest BCUT2D eigenvalue weighted by Gasteiger charge is -2.47. The maximum Gasteiger partial charge on any atom is 0.416 e. The number of hydrogen-bond acceptors (Lipinski definition) is 8. The van der Waals surface area contributed by atoms with Crippen molar-refractivity contribution in [2.75, 3.05) is 51.1 Å². The Labute approximate surface area is 268 Å². The number of carbonyl (C=O) groups excluding carboxylic acids is 2. The number of phenols is 1. The third-order valence-corrected chi connectivity index (χ3v) is 9.43. The second-order valence-electron chi connectivity index (χ2n) is 14.1. The zero-order chi connectivity index (χ0) is 33.3. The van der Waals surface area contributed by atoms with Gasteiger partial charge in [-0.1, -0.05) is 0 Å². The average Bonchev–Trinajstić information content (AvgIpc) is 2.97. The number of anilines is 1. The summed E-state index contributed by atoms with van der Waals surface area (Å²) in [6, 6.07) is 4.64. The Balaban J connectivity index is 1.09. The van der Waals surface area contributed by atoms with Gasteiger partial charge in [-0.15, -0.1) is 10.2 Å². The normalized spacial score (nSPS) is 20.9. The maximum absolute atomic E-state index is 13.3. The molecule has 1 atom stereocenters. The van der Waals surface area contributed by atoms with E-state index in [9.17, 15) is 27.9 Å². The minimum Gasteiger partial charge on any atom is -0.507 e. The van der Waals surface area contributed by atoms with Gasteiger partial charge in [0.05, 0.1) is 17.8 Å². The van der Waals surface area contributed by atoms with Gasteiger partial charge in [0.15, 0.2) is 0 Å². The van der Waals surface area contributed by atoms with Crippen LogP contribution in [0, 0.1) is 12.3 Å². The summed E-state index contributed by atoms with van der Waals surface area (Å²) in [4.78, 5) is 31.7. The van der Waals surface area contributed by atoms with Gasteiger partial charge in [0.2, 0.25) is 5.91 Å². The molecule has 3 saturated heterocycles. The number of piperidine rings is 3. The van der Waals surface area contributed by atoms with Crippen molar-refractivity contribution >= 4 is 17.8 Å². The Hall–Kier alpha value is -3.61. The number of halogens is 3. The first kappa shape index (κ1) is 33.7. The molecule has 1 aromatic carbocycles. The molecule has 1 aromatic heterocycles. The van der Waals surface area contributed by atoms with E-state index in [0.29, 0.717) is 49.3 Å². The summed E-state index contributed by atoms with van der Waals surface area (Å²) in [5.41, 5.74) is -0.108. The van der Waals surface area contributed by atoms with E-state index in [0.717, 1.165) is 64.2 Å². The van der Waals surface area contributed by atoms with Gasteiger partial charge >= 0.3 is 12.3 Å². The van der Waals surface area contributed by atoms with Crippen LogP contribution in [0.4, 0.5) is 23.8 Å². The summed E-state index contributed by atoms with van der Waals surface area (Å²) >= 11 is 0. The SMILES string of the molecule is Cc1cc(N[C@@H]2CCCN(CC(=O)N3CCC4(CC3)CCN(C(=O)OC(C)(C)C)CC4)C2)nnc1-c1ccc(C(F)(F)F)cc1O. The summed E-state index contributed by atoms with van der Waals surface area (Å²) in [6.45, 7) is 12.1. The predicted molar refractivity (Wildman–Crippen MR) is 167 cm³/mol. The molecule has 0 bridgehead atoms. The van der Waals surface area contributed by atoms with Crippen molar-refractivity contribution in [3.8, 4) is 17.0 Å². The molecule has 10 nitrogen and oxygen atoms in total. The number of aryl methyl sites for hydroxylation is 1. The van der Waals surface area contributed by atoms with E-state index in [2.05, 4.69) is 20.4 Å². The van der Waals surface area contributed by atoms with Crippen molar-refractivity contribution in [3.05, 3.63) is 35.4 Å². The largest absolute Gasteiger partial charge is 0.507 e. The molecule has 1 spiro atoms. The molecule has 2 amide bonds. The molecule has 0 unspecified atom stereocenters. The molecule has 2 aromatic rings. The van der Waals surface area contributed by atoms with Gasteiger partial charge in [-0.2, -0.15) is 13.2 Å². The highest BCUT2D eigenvalue weighted by atomic mass is 19.4. The number of hydrogen-bond donors (Lipinski definition) is 2. The van der Waals surface area contributed by atoms with Crippen LogP contribution < -0.4 is 5.32 Å². The Morgan fingerprint density at radius 1 is 1.00 bits per heavy atom. The molecule has 3 aliphatic rings. The number of nitrogens with one attached hydrogen (secondary N) is 1. The van der Waals surface area contributed by atoms with E-state index >= 15 is 0 Å². The van der Waals surface area contributed by atoms with Crippen LogP contribution in [-0.4, -0.2) is 99.5 Å². The third-order valence-electron chi connectivity index (χ3n) is 9.43. The van der Waals surface area contributed by atoms with E-state index < -0.39 is 23.1 Å². The fraction of sp³-hybridized carbons (Fsp3) is 0.636. The fourth-order valence-corrected chi connectivity index (χ4v) is 6.77. The van der Waals surface area contributed by atoms with Gasteiger partial charge in [-0.25, -0.2) is 4.79 Å². The van der Waals surface area contributed by atoms with Gasteiger partial charge in [-0.05, 0) is 108 Å². The monoisotopic (exact) mass is 646 g/mol. The second kappa shape index (κ2) is 13.2. The van der Waals surface area contributed by atoms with Crippen LogP contribution in [0.1, 0.15) is 70.4 Å². The highest BCUT2D eigenvalue weighted by Gasteiger charge is 2.40. The Bertz CT molecular complexity index is 1410. The van der Waals surface area contributed by atoms with Crippen molar-refractivity contribution in [2.24, 2.45) is 5.41 Å². The van der Waals surface area contributed by atoms with Crippen LogP contribution >= 0.6 is 0 Å². The number of phenolic OH excluding ortho intramolecular Hbond substituents is 1. The number of aromatic hydroxyl groups is 1. The predicted octanol–water partition coefficient (Wildman–Crippen LogP) is 5.69. The van der Waals surface area contributed by atoms with Gasteiger partial charge in [-0.3, -0.25) is 9.69 Å². The molecule has 0 aliphatic carbocycles. The van der Waals surface area contributed by atoms with Crippen LogP contribution in [0.2, 0.25) is 0 Å². The molecule has 0 radical (unpaired) electrons. The molecular formula is C33H45F3N6O4. The molecule has 0 saturated carbocycles. The van der Waals surface area contributed by atoms with E-state index in [1.54, 1.807) is 17.9 Å². The van der Waals surface area contributed by atoms with Gasteiger partial charge in [0, 0.05) is 44.3 Å². The minimum atomic E-state index is -4.55. The number of ether oxygens (including phenoxy) is 1. The standard InChI is InChI=1S/C33H45F3N6O4/c1-22-18-27(38-39-29(22)25-8-7-23(19-26(25)43)33(34,35)36)37-24-6-5-13-40(20-24)21-28(44)41-14-9-32(10-15-41)11-16-42(17-12-32)30(45)46-31(2,3)4/h7-8,18-19,24,43H,5-6,9-17,20-21H2,1-4H3,(H,37,38)/t24-/m1/s1. The second-order valence-corrected chi connectivity index (χ2v) is 14.1. The smallest absolute Gasteiger partial charge is 0.416 e. The topological polar surface area (TPSA) is 111 Å².